The van der Waals surface area contributed by atoms with E-state index in [-0.39, 0.29) is 5.91 Å². The molecule has 1 N–H and O–H groups in total. The predicted octanol–water partition coefficient (Wildman–Crippen LogP) is 2.67. The van der Waals surface area contributed by atoms with Crippen LogP contribution in [0.4, 0.5) is 5.69 Å². The van der Waals surface area contributed by atoms with Crippen LogP contribution in [-0.2, 0) is 0 Å². The van der Waals surface area contributed by atoms with E-state index in [1.54, 1.807) is 47.6 Å². The summed E-state index contributed by atoms with van der Waals surface area (Å²) in [5.74, 6) is 5.76. The Kier molecular flexibility index (Phi) is 4.86. The SMILES string of the molecule is Cc1cc(NC(=O)c2cncc(C#Cc3cnc4cccnn34)c2)cc(-n2nccn2)c1. The molecule has 9 heteroatoms. The van der Waals surface area contributed by atoms with Crippen molar-refractivity contribution in [1.82, 2.24) is 34.6 Å². The van der Waals surface area contributed by atoms with Gasteiger partial charge >= 0.3 is 0 Å². The Morgan fingerprint density at radius 1 is 0.969 bits per heavy atom. The molecule has 0 saturated carbocycles. The molecule has 5 aromatic rings. The van der Waals surface area contributed by atoms with E-state index in [1.165, 1.54) is 11.0 Å². The second-order valence-corrected chi connectivity index (χ2v) is 6.98. The van der Waals surface area contributed by atoms with Crippen LogP contribution in [0.3, 0.4) is 0 Å². The van der Waals surface area contributed by atoms with Crippen molar-refractivity contribution in [3.8, 4) is 17.5 Å². The molecule has 9 nitrogen and oxygen atoms in total. The molecule has 0 fully saturated rings. The van der Waals surface area contributed by atoms with Gasteiger partial charge in [0.1, 0.15) is 5.69 Å². The maximum Gasteiger partial charge on any atom is 0.257 e. The van der Waals surface area contributed by atoms with Crippen LogP contribution in [0.15, 0.2) is 73.6 Å². The summed E-state index contributed by atoms with van der Waals surface area (Å²) in [6.45, 7) is 1.94. The van der Waals surface area contributed by atoms with Crippen molar-refractivity contribution in [1.29, 1.82) is 0 Å². The molecule has 0 bridgehead atoms. The zero-order valence-electron chi connectivity index (χ0n) is 17.0. The van der Waals surface area contributed by atoms with Gasteiger partial charge in [-0.25, -0.2) is 9.50 Å². The summed E-state index contributed by atoms with van der Waals surface area (Å²) in [5.41, 5.74) is 4.72. The summed E-state index contributed by atoms with van der Waals surface area (Å²) in [4.78, 5) is 22.7. The fourth-order valence-electron chi connectivity index (χ4n) is 3.19. The van der Waals surface area contributed by atoms with Gasteiger partial charge in [-0.3, -0.25) is 9.78 Å². The highest BCUT2D eigenvalue weighted by Crippen LogP contribution is 2.18. The number of benzene rings is 1. The third kappa shape index (κ3) is 3.93. The lowest BCUT2D eigenvalue weighted by Crippen LogP contribution is -2.13. The first-order valence-corrected chi connectivity index (χ1v) is 9.71. The van der Waals surface area contributed by atoms with Crippen LogP contribution in [-0.4, -0.2) is 40.5 Å². The van der Waals surface area contributed by atoms with Crippen LogP contribution in [0.1, 0.15) is 27.2 Å². The molecule has 32 heavy (non-hydrogen) atoms. The molecule has 1 aromatic carbocycles. The zero-order chi connectivity index (χ0) is 21.9. The number of aromatic nitrogens is 7. The second kappa shape index (κ2) is 8.12. The van der Waals surface area contributed by atoms with Gasteiger partial charge in [0.15, 0.2) is 5.65 Å². The molecule has 0 spiro atoms. The molecule has 0 saturated heterocycles. The first kappa shape index (κ1) is 19.1. The van der Waals surface area contributed by atoms with Crippen LogP contribution in [0, 0.1) is 18.8 Å². The van der Waals surface area contributed by atoms with Gasteiger partial charge in [-0.15, -0.1) is 0 Å². The van der Waals surface area contributed by atoms with Crippen LogP contribution in [0.2, 0.25) is 0 Å². The summed E-state index contributed by atoms with van der Waals surface area (Å²) < 4.78 is 1.65. The minimum absolute atomic E-state index is 0.289. The standard InChI is InChI=1S/C23H16N8O/c1-16-9-19(12-21(10-16)31-27-7-8-28-31)29-23(32)18-11-17(13-24-14-18)4-5-20-15-25-22-3-2-6-26-30(20)22/h2-3,6-15H,1H3,(H,29,32). The van der Waals surface area contributed by atoms with E-state index < -0.39 is 0 Å². The average Bonchev–Trinajstić information content (AvgIpc) is 3.48. The highest BCUT2D eigenvalue weighted by Gasteiger charge is 2.10. The van der Waals surface area contributed by atoms with Crippen LogP contribution >= 0.6 is 0 Å². The zero-order valence-corrected chi connectivity index (χ0v) is 17.0. The smallest absolute Gasteiger partial charge is 0.257 e. The minimum atomic E-state index is -0.289. The minimum Gasteiger partial charge on any atom is -0.322 e. The van der Waals surface area contributed by atoms with E-state index in [0.717, 1.165) is 11.3 Å². The van der Waals surface area contributed by atoms with Crippen LogP contribution < -0.4 is 5.32 Å². The van der Waals surface area contributed by atoms with Gasteiger partial charge < -0.3 is 5.32 Å². The van der Waals surface area contributed by atoms with Gasteiger partial charge in [0.25, 0.3) is 5.91 Å². The highest BCUT2D eigenvalue weighted by molar-refractivity contribution is 6.04. The van der Waals surface area contributed by atoms with E-state index >= 15 is 0 Å². The first-order chi connectivity index (χ1) is 15.7. The van der Waals surface area contributed by atoms with Gasteiger partial charge in [0, 0.05) is 29.8 Å². The molecule has 4 aromatic heterocycles. The van der Waals surface area contributed by atoms with Crippen molar-refractivity contribution in [3.05, 3.63) is 96.0 Å². The van der Waals surface area contributed by atoms with Gasteiger partial charge in [-0.2, -0.15) is 20.1 Å². The Balaban J connectivity index is 1.38. The van der Waals surface area contributed by atoms with E-state index in [4.69, 9.17) is 0 Å². The number of rotatable bonds is 3. The molecule has 1 amide bonds. The van der Waals surface area contributed by atoms with Crippen molar-refractivity contribution < 1.29 is 4.79 Å². The van der Waals surface area contributed by atoms with Crippen LogP contribution in [0.25, 0.3) is 11.3 Å². The number of nitrogens with one attached hydrogen (secondary N) is 1. The monoisotopic (exact) mass is 420 g/mol. The molecule has 4 heterocycles. The maximum atomic E-state index is 12.8. The van der Waals surface area contributed by atoms with Gasteiger partial charge in [0.05, 0.1) is 29.8 Å². The molecule has 0 atom stereocenters. The Bertz CT molecular complexity index is 1490. The lowest BCUT2D eigenvalue weighted by Gasteiger charge is -2.09. The number of aryl methyl sites for hydroxylation is 1. The van der Waals surface area contributed by atoms with Crippen molar-refractivity contribution in [2.24, 2.45) is 0 Å². The molecule has 5 rings (SSSR count). The summed E-state index contributed by atoms with van der Waals surface area (Å²) in [7, 11) is 0. The van der Waals surface area contributed by atoms with Crippen molar-refractivity contribution >= 4 is 17.2 Å². The number of amides is 1. The summed E-state index contributed by atoms with van der Waals surface area (Å²) in [5, 5.41) is 15.4. The van der Waals surface area contributed by atoms with Crippen molar-refractivity contribution in [2.75, 3.05) is 5.32 Å². The number of carbonyl (C=O) groups excluding carboxylic acids is 1. The molecule has 0 radical (unpaired) electrons. The largest absolute Gasteiger partial charge is 0.322 e. The average molecular weight is 420 g/mol. The van der Waals surface area contributed by atoms with Crippen molar-refractivity contribution in [3.63, 3.8) is 0 Å². The lowest BCUT2D eigenvalue weighted by atomic mass is 10.1. The van der Waals surface area contributed by atoms with Crippen molar-refractivity contribution in [2.45, 2.75) is 6.92 Å². The highest BCUT2D eigenvalue weighted by atomic mass is 16.1. The van der Waals surface area contributed by atoms with Gasteiger partial charge in [0.2, 0.25) is 0 Å². The number of fused-ring (bicyclic) bond motifs is 1. The second-order valence-electron chi connectivity index (χ2n) is 6.98. The third-order valence-electron chi connectivity index (χ3n) is 4.58. The number of carbonyl (C=O) groups is 1. The molecule has 0 aliphatic carbocycles. The van der Waals surface area contributed by atoms with Crippen LogP contribution in [0.5, 0.6) is 0 Å². The number of nitrogens with zero attached hydrogens (tertiary/aromatic N) is 7. The fourth-order valence-corrected chi connectivity index (χ4v) is 3.19. The number of pyridine rings is 1. The molecular formula is C23H16N8O. The quantitative estimate of drug-likeness (QED) is 0.450. The van der Waals surface area contributed by atoms with E-state index in [0.29, 0.717) is 28.2 Å². The molecule has 0 aliphatic rings. The predicted molar refractivity (Wildman–Crippen MR) is 117 cm³/mol. The molecule has 0 aliphatic heterocycles. The number of imidazole rings is 1. The van der Waals surface area contributed by atoms with E-state index in [2.05, 4.69) is 42.4 Å². The molecule has 154 valence electrons. The normalized spacial score (nSPS) is 10.5. The number of hydrogen-bond donors (Lipinski definition) is 1. The Morgan fingerprint density at radius 2 is 1.84 bits per heavy atom. The van der Waals surface area contributed by atoms with Gasteiger partial charge in [-0.05, 0) is 54.8 Å². The number of anilines is 1. The topological polar surface area (TPSA) is 103 Å². The molecule has 0 unspecified atom stereocenters. The molecular weight excluding hydrogens is 404 g/mol. The maximum absolute atomic E-state index is 12.8. The fraction of sp³-hybridized carbons (Fsp3) is 0.0435. The van der Waals surface area contributed by atoms with Gasteiger partial charge in [-0.1, -0.05) is 5.92 Å². The summed E-state index contributed by atoms with van der Waals surface area (Å²) in [6, 6.07) is 11.0. The summed E-state index contributed by atoms with van der Waals surface area (Å²) >= 11 is 0. The third-order valence-corrected chi connectivity index (χ3v) is 4.58. The Labute approximate surface area is 182 Å². The Morgan fingerprint density at radius 3 is 2.72 bits per heavy atom. The lowest BCUT2D eigenvalue weighted by molar-refractivity contribution is 0.102. The van der Waals surface area contributed by atoms with E-state index in [1.807, 2.05) is 31.2 Å². The van der Waals surface area contributed by atoms with E-state index in [9.17, 15) is 4.79 Å². The number of hydrogen-bond acceptors (Lipinski definition) is 6. The Hall–Kier alpha value is -4.84. The first-order valence-electron chi connectivity index (χ1n) is 9.71. The summed E-state index contributed by atoms with van der Waals surface area (Å²) in [6.07, 6.45) is 9.63.